The lowest BCUT2D eigenvalue weighted by molar-refractivity contribution is 1.14. The Kier molecular flexibility index (Phi) is 3.33. The topological polar surface area (TPSA) is 51.8 Å². The molecule has 0 aliphatic rings. The second-order valence-corrected chi connectivity index (χ2v) is 5.14. The van der Waals surface area contributed by atoms with Crippen molar-refractivity contribution in [1.29, 1.82) is 0 Å². The number of thioether (sulfide) groups is 1. The minimum atomic E-state index is 0.723. The molecule has 2 aromatic heterocycles. The van der Waals surface area contributed by atoms with Crippen molar-refractivity contribution in [1.82, 2.24) is 9.97 Å². The first-order valence-corrected chi connectivity index (χ1v) is 6.99. The van der Waals surface area contributed by atoms with Crippen LogP contribution in [-0.4, -0.2) is 9.97 Å². The van der Waals surface area contributed by atoms with Crippen LogP contribution in [0.4, 0.5) is 5.69 Å². The van der Waals surface area contributed by atoms with Crippen molar-refractivity contribution in [3.8, 4) is 0 Å². The van der Waals surface area contributed by atoms with Gasteiger partial charge in [-0.15, -0.1) is 0 Å². The normalized spacial score (nSPS) is 10.7. The average Bonchev–Trinajstić information content (AvgIpc) is 2.46. The van der Waals surface area contributed by atoms with E-state index in [-0.39, 0.29) is 0 Å². The van der Waals surface area contributed by atoms with Gasteiger partial charge >= 0.3 is 0 Å². The zero-order chi connectivity index (χ0) is 13.1. The summed E-state index contributed by atoms with van der Waals surface area (Å²) in [6, 6.07) is 14.0. The SMILES string of the molecule is Nc1cccnc1SCc1cccc2cccnc12. The zero-order valence-corrected chi connectivity index (χ0v) is 11.1. The van der Waals surface area contributed by atoms with Crippen LogP contribution in [0.3, 0.4) is 0 Å². The van der Waals surface area contributed by atoms with Crippen LogP contribution < -0.4 is 5.73 Å². The highest BCUT2D eigenvalue weighted by Gasteiger charge is 2.05. The number of para-hydroxylation sites is 1. The number of nitrogen functional groups attached to an aromatic ring is 1. The van der Waals surface area contributed by atoms with Crippen LogP contribution in [0.1, 0.15) is 5.56 Å². The molecule has 0 spiro atoms. The third-order valence-corrected chi connectivity index (χ3v) is 3.95. The predicted molar refractivity (Wildman–Crippen MR) is 80.0 cm³/mol. The maximum absolute atomic E-state index is 5.90. The van der Waals surface area contributed by atoms with Crippen LogP contribution in [0.25, 0.3) is 10.9 Å². The quantitative estimate of drug-likeness (QED) is 0.738. The molecule has 0 atom stereocenters. The summed E-state index contributed by atoms with van der Waals surface area (Å²) in [5, 5.41) is 2.03. The van der Waals surface area contributed by atoms with Crippen LogP contribution in [0, 0.1) is 0 Å². The van der Waals surface area contributed by atoms with Gasteiger partial charge in [0, 0.05) is 23.5 Å². The summed E-state index contributed by atoms with van der Waals surface area (Å²) < 4.78 is 0. The van der Waals surface area contributed by atoms with Gasteiger partial charge in [0.1, 0.15) is 5.03 Å². The second kappa shape index (κ2) is 5.28. The number of hydrogen-bond donors (Lipinski definition) is 1. The van der Waals surface area contributed by atoms with Gasteiger partial charge in [-0.25, -0.2) is 4.98 Å². The summed E-state index contributed by atoms with van der Waals surface area (Å²) in [7, 11) is 0. The standard InChI is InChI=1S/C15H13N3S/c16-13-7-3-9-18-15(13)19-10-12-5-1-4-11-6-2-8-17-14(11)12/h1-9H,10,16H2. The van der Waals surface area contributed by atoms with E-state index in [1.165, 1.54) is 5.56 Å². The van der Waals surface area contributed by atoms with E-state index in [0.29, 0.717) is 0 Å². The Labute approximate surface area is 115 Å². The maximum Gasteiger partial charge on any atom is 0.119 e. The first-order valence-electron chi connectivity index (χ1n) is 6.00. The molecule has 0 saturated carbocycles. The van der Waals surface area contributed by atoms with E-state index in [1.807, 2.05) is 24.4 Å². The molecule has 19 heavy (non-hydrogen) atoms. The molecule has 2 heterocycles. The second-order valence-electron chi connectivity index (χ2n) is 4.18. The van der Waals surface area contributed by atoms with E-state index >= 15 is 0 Å². The van der Waals surface area contributed by atoms with Crippen molar-refractivity contribution in [2.45, 2.75) is 10.8 Å². The average molecular weight is 267 g/mol. The molecule has 0 bridgehead atoms. The largest absolute Gasteiger partial charge is 0.397 e. The van der Waals surface area contributed by atoms with Gasteiger partial charge in [0.05, 0.1) is 11.2 Å². The fourth-order valence-electron chi connectivity index (χ4n) is 1.95. The predicted octanol–water partition coefficient (Wildman–Crippen LogP) is 3.50. The lowest BCUT2D eigenvalue weighted by Gasteiger charge is -2.06. The Morgan fingerprint density at radius 1 is 0.947 bits per heavy atom. The van der Waals surface area contributed by atoms with Crippen LogP contribution in [0.5, 0.6) is 0 Å². The van der Waals surface area contributed by atoms with E-state index < -0.39 is 0 Å². The molecule has 4 heteroatoms. The Morgan fingerprint density at radius 2 is 1.74 bits per heavy atom. The molecule has 3 aromatic rings. The number of anilines is 1. The molecule has 3 rings (SSSR count). The van der Waals surface area contributed by atoms with Crippen molar-refractivity contribution < 1.29 is 0 Å². The van der Waals surface area contributed by atoms with Crippen LogP contribution >= 0.6 is 11.8 Å². The number of rotatable bonds is 3. The number of pyridine rings is 2. The molecule has 0 unspecified atom stereocenters. The molecular weight excluding hydrogens is 254 g/mol. The van der Waals surface area contributed by atoms with E-state index in [1.54, 1.807) is 18.0 Å². The lowest BCUT2D eigenvalue weighted by Crippen LogP contribution is -1.92. The first kappa shape index (κ1) is 12.0. The Hall–Kier alpha value is -2.07. The number of nitrogens with two attached hydrogens (primary N) is 1. The van der Waals surface area contributed by atoms with Crippen molar-refractivity contribution in [2.24, 2.45) is 0 Å². The number of fused-ring (bicyclic) bond motifs is 1. The summed E-state index contributed by atoms with van der Waals surface area (Å²) >= 11 is 1.64. The minimum absolute atomic E-state index is 0.723. The molecule has 0 aliphatic carbocycles. The summed E-state index contributed by atoms with van der Waals surface area (Å²) in [5.74, 6) is 0.815. The van der Waals surface area contributed by atoms with E-state index in [9.17, 15) is 0 Å². The fraction of sp³-hybridized carbons (Fsp3) is 0.0667. The van der Waals surface area contributed by atoms with Gasteiger partial charge in [-0.05, 0) is 23.8 Å². The van der Waals surface area contributed by atoms with Crippen molar-refractivity contribution >= 4 is 28.4 Å². The van der Waals surface area contributed by atoms with Gasteiger partial charge < -0.3 is 5.73 Å². The van der Waals surface area contributed by atoms with E-state index in [0.717, 1.165) is 27.4 Å². The van der Waals surface area contributed by atoms with E-state index in [4.69, 9.17) is 5.73 Å². The van der Waals surface area contributed by atoms with Gasteiger partial charge in [-0.2, -0.15) is 0 Å². The molecule has 0 saturated heterocycles. The zero-order valence-electron chi connectivity index (χ0n) is 10.3. The Morgan fingerprint density at radius 3 is 2.63 bits per heavy atom. The molecule has 3 nitrogen and oxygen atoms in total. The van der Waals surface area contributed by atoms with Gasteiger partial charge in [0.15, 0.2) is 0 Å². The minimum Gasteiger partial charge on any atom is -0.397 e. The van der Waals surface area contributed by atoms with Gasteiger partial charge in [-0.3, -0.25) is 4.98 Å². The first-order chi connectivity index (χ1) is 9.34. The summed E-state index contributed by atoms with van der Waals surface area (Å²) in [6.45, 7) is 0. The molecule has 1 aromatic carbocycles. The third-order valence-electron chi connectivity index (χ3n) is 2.88. The van der Waals surface area contributed by atoms with Gasteiger partial charge in [0.25, 0.3) is 0 Å². The Balaban J connectivity index is 1.88. The molecule has 94 valence electrons. The van der Waals surface area contributed by atoms with Crippen molar-refractivity contribution in [2.75, 3.05) is 5.73 Å². The number of aromatic nitrogens is 2. The van der Waals surface area contributed by atoms with Crippen molar-refractivity contribution in [3.05, 3.63) is 60.4 Å². The van der Waals surface area contributed by atoms with Crippen LogP contribution in [-0.2, 0) is 5.75 Å². The van der Waals surface area contributed by atoms with Crippen LogP contribution in [0.2, 0.25) is 0 Å². The monoisotopic (exact) mass is 267 g/mol. The fourth-order valence-corrected chi connectivity index (χ4v) is 2.85. The van der Waals surface area contributed by atoms with E-state index in [2.05, 4.69) is 34.2 Å². The molecule has 0 fully saturated rings. The molecular formula is C15H13N3S. The maximum atomic E-state index is 5.90. The summed E-state index contributed by atoms with van der Waals surface area (Å²) in [6.07, 6.45) is 3.59. The third kappa shape index (κ3) is 2.53. The van der Waals surface area contributed by atoms with Crippen LogP contribution in [0.15, 0.2) is 59.9 Å². The summed E-state index contributed by atoms with van der Waals surface area (Å²) in [4.78, 5) is 8.74. The number of nitrogens with zero attached hydrogens (tertiary/aromatic N) is 2. The highest BCUT2D eigenvalue weighted by molar-refractivity contribution is 7.98. The van der Waals surface area contributed by atoms with Crippen molar-refractivity contribution in [3.63, 3.8) is 0 Å². The number of benzene rings is 1. The molecule has 0 radical (unpaired) electrons. The molecule has 0 aliphatic heterocycles. The highest BCUT2D eigenvalue weighted by atomic mass is 32.2. The number of hydrogen-bond acceptors (Lipinski definition) is 4. The van der Waals surface area contributed by atoms with Gasteiger partial charge in [0.2, 0.25) is 0 Å². The highest BCUT2D eigenvalue weighted by Crippen LogP contribution is 2.28. The Bertz CT molecular complexity index is 707. The smallest absolute Gasteiger partial charge is 0.119 e. The summed E-state index contributed by atoms with van der Waals surface area (Å²) in [5.41, 5.74) is 8.87. The van der Waals surface area contributed by atoms with Gasteiger partial charge in [-0.1, -0.05) is 36.0 Å². The lowest BCUT2D eigenvalue weighted by atomic mass is 10.1. The molecule has 0 amide bonds. The molecule has 2 N–H and O–H groups in total.